The Morgan fingerprint density at radius 2 is 1.63 bits per heavy atom. The molecule has 6 heteroatoms. The maximum atomic E-state index is 6.21. The molecule has 0 saturated carbocycles. The maximum absolute atomic E-state index is 6.21. The molecule has 2 aliphatic rings. The van der Waals surface area contributed by atoms with Crippen LogP contribution in [-0.2, 0) is 25.6 Å². The van der Waals surface area contributed by atoms with Crippen molar-refractivity contribution in [3.63, 3.8) is 0 Å². The topological polar surface area (TPSA) is 55.4 Å². The summed E-state index contributed by atoms with van der Waals surface area (Å²) in [7, 11) is 3.30. The molecule has 2 bridgehead atoms. The second kappa shape index (κ2) is 8.27. The molecular formula is C21H24O6. The van der Waals surface area contributed by atoms with Crippen LogP contribution in [-0.4, -0.2) is 51.5 Å². The summed E-state index contributed by atoms with van der Waals surface area (Å²) in [6, 6.07) is 17.5. The van der Waals surface area contributed by atoms with E-state index in [0.29, 0.717) is 13.2 Å². The molecule has 2 heterocycles. The summed E-state index contributed by atoms with van der Waals surface area (Å²) in [6.45, 7) is 0.908. The fourth-order valence-electron chi connectivity index (χ4n) is 3.50. The minimum absolute atomic E-state index is 0.196. The fourth-order valence-corrected chi connectivity index (χ4v) is 3.50. The monoisotopic (exact) mass is 372 g/mol. The number of rotatable bonds is 7. The first-order valence-electron chi connectivity index (χ1n) is 9.04. The minimum Gasteiger partial charge on any atom is -0.497 e. The molecule has 2 aliphatic heterocycles. The van der Waals surface area contributed by atoms with Gasteiger partial charge in [0, 0.05) is 7.11 Å². The van der Waals surface area contributed by atoms with E-state index < -0.39 is 6.29 Å². The Kier molecular flexibility index (Phi) is 5.59. The van der Waals surface area contributed by atoms with Crippen LogP contribution in [0.15, 0.2) is 54.6 Å². The molecule has 27 heavy (non-hydrogen) atoms. The minimum atomic E-state index is -0.445. The van der Waals surface area contributed by atoms with Crippen LogP contribution < -0.4 is 9.47 Å². The SMILES string of the molecule is COc1ccc(O[C@H]2[C@H](OC)[C@H](OCc3ccccc3)[C@@H]3OC[C@H]2O3)cc1. The quantitative estimate of drug-likeness (QED) is 0.745. The average Bonchev–Trinajstić information content (AvgIpc) is 3.16. The number of hydrogen-bond acceptors (Lipinski definition) is 6. The molecule has 2 saturated heterocycles. The van der Waals surface area contributed by atoms with Gasteiger partial charge in [0.15, 0.2) is 12.4 Å². The molecule has 0 amide bonds. The summed E-state index contributed by atoms with van der Waals surface area (Å²) in [5.74, 6) is 1.50. The molecule has 144 valence electrons. The fraction of sp³-hybridized carbons (Fsp3) is 0.429. The molecule has 0 N–H and O–H groups in total. The zero-order chi connectivity index (χ0) is 18.6. The molecule has 0 unspecified atom stereocenters. The highest BCUT2D eigenvalue weighted by atomic mass is 16.8. The van der Waals surface area contributed by atoms with Crippen LogP contribution in [0.25, 0.3) is 0 Å². The normalized spacial score (nSPS) is 29.5. The van der Waals surface area contributed by atoms with Gasteiger partial charge in [-0.1, -0.05) is 30.3 Å². The first-order valence-corrected chi connectivity index (χ1v) is 9.04. The number of hydrogen-bond donors (Lipinski definition) is 0. The third-order valence-corrected chi connectivity index (χ3v) is 4.90. The van der Waals surface area contributed by atoms with Crippen molar-refractivity contribution in [2.24, 2.45) is 0 Å². The number of fused-ring (bicyclic) bond motifs is 2. The number of methoxy groups -OCH3 is 2. The third kappa shape index (κ3) is 3.94. The van der Waals surface area contributed by atoms with Crippen molar-refractivity contribution in [3.8, 4) is 11.5 Å². The zero-order valence-electron chi connectivity index (χ0n) is 15.4. The molecule has 6 nitrogen and oxygen atoms in total. The average molecular weight is 372 g/mol. The largest absolute Gasteiger partial charge is 0.497 e. The van der Waals surface area contributed by atoms with Gasteiger partial charge in [0.2, 0.25) is 0 Å². The zero-order valence-corrected chi connectivity index (χ0v) is 15.4. The van der Waals surface area contributed by atoms with Gasteiger partial charge in [-0.15, -0.1) is 0 Å². The molecule has 5 atom stereocenters. The van der Waals surface area contributed by atoms with Gasteiger partial charge < -0.3 is 28.4 Å². The molecule has 4 rings (SSSR count). The summed E-state index contributed by atoms with van der Waals surface area (Å²) in [5, 5.41) is 0. The molecule has 0 aromatic heterocycles. The summed E-state index contributed by atoms with van der Waals surface area (Å²) in [6.07, 6.45) is -1.65. The Balaban J connectivity index is 1.48. The van der Waals surface area contributed by atoms with Crippen molar-refractivity contribution in [2.75, 3.05) is 20.8 Å². The van der Waals surface area contributed by atoms with E-state index in [1.807, 2.05) is 54.6 Å². The first kappa shape index (κ1) is 18.3. The van der Waals surface area contributed by atoms with E-state index in [0.717, 1.165) is 17.1 Å². The van der Waals surface area contributed by atoms with Crippen LogP contribution >= 0.6 is 0 Å². The van der Waals surface area contributed by atoms with E-state index in [1.165, 1.54) is 0 Å². The van der Waals surface area contributed by atoms with Gasteiger partial charge in [0.25, 0.3) is 0 Å². The second-order valence-electron chi connectivity index (χ2n) is 6.60. The molecule has 0 aliphatic carbocycles. The smallest absolute Gasteiger partial charge is 0.187 e. The molecular weight excluding hydrogens is 348 g/mol. The van der Waals surface area contributed by atoms with E-state index in [-0.39, 0.29) is 24.4 Å². The lowest BCUT2D eigenvalue weighted by atomic mass is 10.00. The Morgan fingerprint density at radius 3 is 2.33 bits per heavy atom. The summed E-state index contributed by atoms with van der Waals surface area (Å²) in [5.41, 5.74) is 1.08. The highest BCUT2D eigenvalue weighted by Crippen LogP contribution is 2.34. The highest BCUT2D eigenvalue weighted by molar-refractivity contribution is 5.31. The van der Waals surface area contributed by atoms with Crippen molar-refractivity contribution in [1.82, 2.24) is 0 Å². The highest BCUT2D eigenvalue weighted by Gasteiger charge is 2.53. The molecule has 0 spiro atoms. The van der Waals surface area contributed by atoms with E-state index in [1.54, 1.807) is 14.2 Å². The predicted molar refractivity (Wildman–Crippen MR) is 97.8 cm³/mol. The standard InChI is InChI=1S/C21H24O6/c1-22-15-8-10-16(11-9-15)26-18-17-13-25-21(27-17)20(19(18)23-2)24-12-14-6-4-3-5-7-14/h3-11,17-21H,12-13H2,1-2H3/t17-,18-,19+,20+,21-/m1/s1. The predicted octanol–water partition coefficient (Wildman–Crippen LogP) is 2.80. The van der Waals surface area contributed by atoms with Crippen LogP contribution in [0, 0.1) is 0 Å². The van der Waals surface area contributed by atoms with Crippen molar-refractivity contribution in [2.45, 2.75) is 37.3 Å². The number of ether oxygens (including phenoxy) is 6. The molecule has 2 fully saturated rings. The third-order valence-electron chi connectivity index (χ3n) is 4.90. The van der Waals surface area contributed by atoms with Gasteiger partial charge in [-0.3, -0.25) is 0 Å². The van der Waals surface area contributed by atoms with Crippen LogP contribution in [0.5, 0.6) is 11.5 Å². The number of benzene rings is 2. The lowest BCUT2D eigenvalue weighted by Gasteiger charge is -2.39. The van der Waals surface area contributed by atoms with Crippen molar-refractivity contribution in [1.29, 1.82) is 0 Å². The van der Waals surface area contributed by atoms with Crippen LogP contribution in [0.2, 0.25) is 0 Å². The van der Waals surface area contributed by atoms with E-state index in [9.17, 15) is 0 Å². The molecule has 2 aromatic rings. The Labute approximate surface area is 158 Å². The Hall–Kier alpha value is -2.12. The lowest BCUT2D eigenvalue weighted by molar-refractivity contribution is -0.247. The first-order chi connectivity index (χ1) is 13.3. The van der Waals surface area contributed by atoms with Gasteiger partial charge in [0.1, 0.15) is 29.8 Å². The maximum Gasteiger partial charge on any atom is 0.187 e. The van der Waals surface area contributed by atoms with E-state index in [4.69, 9.17) is 28.4 Å². The molecule has 0 radical (unpaired) electrons. The summed E-state index contributed by atoms with van der Waals surface area (Å²) in [4.78, 5) is 0. The van der Waals surface area contributed by atoms with Gasteiger partial charge in [-0.25, -0.2) is 0 Å². The van der Waals surface area contributed by atoms with Gasteiger partial charge in [-0.2, -0.15) is 0 Å². The van der Waals surface area contributed by atoms with Gasteiger partial charge >= 0.3 is 0 Å². The Morgan fingerprint density at radius 1 is 0.889 bits per heavy atom. The van der Waals surface area contributed by atoms with Crippen molar-refractivity contribution in [3.05, 3.63) is 60.2 Å². The second-order valence-corrected chi connectivity index (χ2v) is 6.60. The van der Waals surface area contributed by atoms with E-state index in [2.05, 4.69) is 0 Å². The van der Waals surface area contributed by atoms with Crippen molar-refractivity contribution >= 4 is 0 Å². The summed E-state index contributed by atoms with van der Waals surface area (Å²) >= 11 is 0. The van der Waals surface area contributed by atoms with Crippen LogP contribution in [0.3, 0.4) is 0 Å². The van der Waals surface area contributed by atoms with Crippen molar-refractivity contribution < 1.29 is 28.4 Å². The van der Waals surface area contributed by atoms with Crippen LogP contribution in [0.4, 0.5) is 0 Å². The van der Waals surface area contributed by atoms with Gasteiger partial charge in [-0.05, 0) is 29.8 Å². The molecule has 2 aromatic carbocycles. The lowest BCUT2D eigenvalue weighted by Crippen LogP contribution is -2.57. The van der Waals surface area contributed by atoms with E-state index >= 15 is 0 Å². The van der Waals surface area contributed by atoms with Gasteiger partial charge in [0.05, 0.1) is 20.3 Å². The Bertz CT molecular complexity index is 719. The summed E-state index contributed by atoms with van der Waals surface area (Å²) < 4.78 is 35.1. The van der Waals surface area contributed by atoms with Crippen LogP contribution in [0.1, 0.15) is 5.56 Å².